The molecule has 0 aliphatic rings. The molecule has 0 fully saturated rings. The monoisotopic (exact) mass is 441 g/mol. The van der Waals surface area contributed by atoms with Crippen molar-refractivity contribution in [1.29, 1.82) is 0 Å². The zero-order valence-electron chi connectivity index (χ0n) is 15.2. The summed E-state index contributed by atoms with van der Waals surface area (Å²) in [6, 6.07) is 8.87. The van der Waals surface area contributed by atoms with Crippen LogP contribution in [0.15, 0.2) is 30.3 Å². The highest BCUT2D eigenvalue weighted by Crippen LogP contribution is 2.34. The van der Waals surface area contributed by atoms with Gasteiger partial charge in [-0.05, 0) is 46.7 Å². The Morgan fingerprint density at radius 2 is 1.86 bits per heavy atom. The van der Waals surface area contributed by atoms with Crippen molar-refractivity contribution in [2.24, 2.45) is 0 Å². The molecule has 0 saturated carbocycles. The van der Waals surface area contributed by atoms with Crippen LogP contribution in [0.2, 0.25) is 15.1 Å². The Hall–Kier alpha value is -2.22. The first-order valence-corrected chi connectivity index (χ1v) is 9.58. The van der Waals surface area contributed by atoms with Gasteiger partial charge >= 0.3 is 0 Å². The molecule has 1 N–H and O–H groups in total. The van der Waals surface area contributed by atoms with E-state index >= 15 is 0 Å². The van der Waals surface area contributed by atoms with Crippen molar-refractivity contribution in [2.75, 3.05) is 12.4 Å². The van der Waals surface area contributed by atoms with Crippen LogP contribution in [0, 0.1) is 0 Å². The molecule has 0 bridgehead atoms. The SMILES string of the molecule is CCn1nnnc1NCc1cc(OC)c(OCc2ccc(Cl)c(Cl)c2)cc1Cl. The maximum atomic E-state index is 6.43. The summed E-state index contributed by atoms with van der Waals surface area (Å²) in [5, 5.41) is 16.1. The first-order valence-electron chi connectivity index (χ1n) is 8.45. The van der Waals surface area contributed by atoms with Gasteiger partial charge in [-0.2, -0.15) is 0 Å². The molecule has 2 aromatic carbocycles. The Morgan fingerprint density at radius 3 is 2.57 bits per heavy atom. The molecular weight excluding hydrogens is 425 g/mol. The number of hydrogen-bond acceptors (Lipinski definition) is 6. The van der Waals surface area contributed by atoms with Crippen LogP contribution in [-0.4, -0.2) is 27.3 Å². The molecule has 0 atom stereocenters. The van der Waals surface area contributed by atoms with Gasteiger partial charge in [-0.1, -0.05) is 46.0 Å². The van der Waals surface area contributed by atoms with E-state index in [-0.39, 0.29) is 0 Å². The minimum atomic E-state index is 0.298. The van der Waals surface area contributed by atoms with Crippen molar-refractivity contribution in [3.05, 3.63) is 56.5 Å². The van der Waals surface area contributed by atoms with Gasteiger partial charge in [0.25, 0.3) is 0 Å². The lowest BCUT2D eigenvalue weighted by molar-refractivity contribution is 0.284. The number of rotatable bonds is 8. The number of nitrogens with one attached hydrogen (secondary N) is 1. The molecule has 1 heterocycles. The predicted molar refractivity (Wildman–Crippen MR) is 110 cm³/mol. The lowest BCUT2D eigenvalue weighted by Gasteiger charge is -2.14. The molecule has 148 valence electrons. The van der Waals surface area contributed by atoms with Crippen LogP contribution in [0.25, 0.3) is 0 Å². The highest BCUT2D eigenvalue weighted by atomic mass is 35.5. The van der Waals surface area contributed by atoms with Gasteiger partial charge in [0.05, 0.1) is 17.2 Å². The maximum absolute atomic E-state index is 6.43. The van der Waals surface area contributed by atoms with E-state index in [4.69, 9.17) is 44.3 Å². The number of aromatic nitrogens is 4. The molecule has 7 nitrogen and oxygen atoms in total. The van der Waals surface area contributed by atoms with E-state index in [0.717, 1.165) is 11.1 Å². The average molecular weight is 443 g/mol. The third kappa shape index (κ3) is 4.79. The zero-order valence-corrected chi connectivity index (χ0v) is 17.5. The molecule has 0 aliphatic carbocycles. The van der Waals surface area contributed by atoms with Crippen LogP contribution in [0.5, 0.6) is 11.5 Å². The van der Waals surface area contributed by atoms with E-state index in [1.54, 1.807) is 30.0 Å². The summed E-state index contributed by atoms with van der Waals surface area (Å²) >= 11 is 18.4. The van der Waals surface area contributed by atoms with Gasteiger partial charge in [-0.25, -0.2) is 4.68 Å². The molecule has 0 aliphatic heterocycles. The summed E-state index contributed by atoms with van der Waals surface area (Å²) in [7, 11) is 1.57. The second-order valence-electron chi connectivity index (χ2n) is 5.80. The van der Waals surface area contributed by atoms with Crippen LogP contribution in [-0.2, 0) is 19.7 Å². The van der Waals surface area contributed by atoms with Gasteiger partial charge in [-0.15, -0.1) is 0 Å². The number of tetrazole rings is 1. The lowest BCUT2D eigenvalue weighted by Crippen LogP contribution is -2.08. The Kier molecular flexibility index (Phi) is 6.83. The molecule has 10 heteroatoms. The van der Waals surface area contributed by atoms with E-state index in [1.165, 1.54) is 0 Å². The molecule has 0 radical (unpaired) electrons. The van der Waals surface area contributed by atoms with Crippen molar-refractivity contribution in [3.63, 3.8) is 0 Å². The fourth-order valence-corrected chi connectivity index (χ4v) is 3.04. The molecule has 0 spiro atoms. The van der Waals surface area contributed by atoms with Crippen LogP contribution in [0.3, 0.4) is 0 Å². The zero-order chi connectivity index (χ0) is 20.1. The molecular formula is C18H18Cl3N5O2. The first kappa shape index (κ1) is 20.5. The smallest absolute Gasteiger partial charge is 0.243 e. The molecule has 28 heavy (non-hydrogen) atoms. The minimum absolute atomic E-state index is 0.298. The van der Waals surface area contributed by atoms with Crippen molar-refractivity contribution < 1.29 is 9.47 Å². The number of halogens is 3. The van der Waals surface area contributed by atoms with Crippen LogP contribution in [0.1, 0.15) is 18.1 Å². The summed E-state index contributed by atoms with van der Waals surface area (Å²) < 4.78 is 13.0. The third-order valence-corrected chi connectivity index (χ3v) is 5.07. The molecule has 1 aromatic heterocycles. The van der Waals surface area contributed by atoms with Crippen molar-refractivity contribution in [2.45, 2.75) is 26.6 Å². The topological polar surface area (TPSA) is 74.1 Å². The Labute approximate surface area is 177 Å². The standard InChI is InChI=1S/C18H18Cl3N5O2/c1-3-26-18(23-24-25-26)22-9-12-7-16(27-2)17(8-14(12)20)28-10-11-4-5-13(19)15(21)6-11/h4-8H,3,9-10H2,1-2H3,(H,22,23,25). The van der Waals surface area contributed by atoms with Crippen LogP contribution in [0.4, 0.5) is 5.95 Å². The number of anilines is 1. The molecule has 3 rings (SSSR count). The summed E-state index contributed by atoms with van der Waals surface area (Å²) in [5.74, 6) is 1.66. The van der Waals surface area contributed by atoms with Crippen molar-refractivity contribution >= 4 is 40.8 Å². The van der Waals surface area contributed by atoms with Crippen molar-refractivity contribution in [3.8, 4) is 11.5 Å². The molecule has 0 unspecified atom stereocenters. The summed E-state index contributed by atoms with van der Waals surface area (Å²) in [5.41, 5.74) is 1.70. The highest BCUT2D eigenvalue weighted by molar-refractivity contribution is 6.42. The van der Waals surface area contributed by atoms with E-state index in [1.807, 2.05) is 19.1 Å². The predicted octanol–water partition coefficient (Wildman–Crippen LogP) is 4.85. The van der Waals surface area contributed by atoms with E-state index in [0.29, 0.717) is 52.2 Å². The van der Waals surface area contributed by atoms with Gasteiger partial charge in [0.2, 0.25) is 5.95 Å². The number of hydrogen-bond donors (Lipinski definition) is 1. The van der Waals surface area contributed by atoms with Gasteiger partial charge in [-0.3, -0.25) is 0 Å². The van der Waals surface area contributed by atoms with E-state index in [2.05, 4.69) is 20.8 Å². The number of aryl methyl sites for hydroxylation is 1. The normalized spacial score (nSPS) is 10.8. The number of ether oxygens (including phenoxy) is 2. The Bertz CT molecular complexity index is 964. The Morgan fingerprint density at radius 1 is 1.04 bits per heavy atom. The summed E-state index contributed by atoms with van der Waals surface area (Å²) in [6.45, 7) is 3.35. The molecule has 3 aromatic rings. The maximum Gasteiger partial charge on any atom is 0.243 e. The lowest BCUT2D eigenvalue weighted by atomic mass is 10.2. The molecule has 0 amide bonds. The second-order valence-corrected chi connectivity index (χ2v) is 7.03. The van der Waals surface area contributed by atoms with Crippen LogP contribution < -0.4 is 14.8 Å². The van der Waals surface area contributed by atoms with E-state index in [9.17, 15) is 0 Å². The second kappa shape index (κ2) is 9.32. The van der Waals surface area contributed by atoms with Gasteiger partial charge in [0.1, 0.15) is 6.61 Å². The van der Waals surface area contributed by atoms with Gasteiger partial charge in [0.15, 0.2) is 11.5 Å². The van der Waals surface area contributed by atoms with E-state index < -0.39 is 0 Å². The molecule has 0 saturated heterocycles. The fourth-order valence-electron chi connectivity index (χ4n) is 2.49. The van der Waals surface area contributed by atoms with Gasteiger partial charge in [0, 0.05) is 24.2 Å². The summed E-state index contributed by atoms with van der Waals surface area (Å²) in [4.78, 5) is 0. The summed E-state index contributed by atoms with van der Waals surface area (Å²) in [6.07, 6.45) is 0. The fraction of sp³-hybridized carbons (Fsp3) is 0.278. The third-order valence-electron chi connectivity index (χ3n) is 3.98. The largest absolute Gasteiger partial charge is 0.493 e. The van der Waals surface area contributed by atoms with Crippen LogP contribution >= 0.6 is 34.8 Å². The average Bonchev–Trinajstić information content (AvgIpc) is 3.15. The first-order chi connectivity index (χ1) is 13.5. The highest BCUT2D eigenvalue weighted by Gasteiger charge is 2.13. The number of nitrogens with zero attached hydrogens (tertiary/aromatic N) is 4. The Balaban J connectivity index is 1.72. The quantitative estimate of drug-likeness (QED) is 0.537. The number of benzene rings is 2. The van der Waals surface area contributed by atoms with Crippen molar-refractivity contribution in [1.82, 2.24) is 20.2 Å². The number of methoxy groups -OCH3 is 1. The van der Waals surface area contributed by atoms with Gasteiger partial charge < -0.3 is 14.8 Å². The minimum Gasteiger partial charge on any atom is -0.493 e.